The predicted molar refractivity (Wildman–Crippen MR) is 77.5 cm³/mol. The number of anilines is 2. The summed E-state index contributed by atoms with van der Waals surface area (Å²) in [6, 6.07) is 5.32. The normalized spacial score (nSPS) is 20.5. The van der Waals surface area contributed by atoms with E-state index in [1.165, 1.54) is 12.5 Å². The lowest BCUT2D eigenvalue weighted by Crippen LogP contribution is -2.40. The Bertz CT molecular complexity index is 557. The van der Waals surface area contributed by atoms with Crippen LogP contribution < -0.4 is 15.8 Å². The zero-order valence-corrected chi connectivity index (χ0v) is 12.0. The van der Waals surface area contributed by atoms with E-state index >= 15 is 0 Å². The lowest BCUT2D eigenvalue weighted by Gasteiger charge is -2.38. The van der Waals surface area contributed by atoms with Crippen LogP contribution in [-0.4, -0.2) is 21.0 Å². The van der Waals surface area contributed by atoms with Gasteiger partial charge in [0, 0.05) is 18.3 Å². The zero-order valence-electron chi connectivity index (χ0n) is 11.2. The van der Waals surface area contributed by atoms with Crippen molar-refractivity contribution in [3.8, 4) is 0 Å². The summed E-state index contributed by atoms with van der Waals surface area (Å²) in [6.07, 6.45) is 4.35. The second-order valence-corrected chi connectivity index (χ2v) is 6.55. The van der Waals surface area contributed by atoms with Gasteiger partial charge in [0.25, 0.3) is 0 Å². The van der Waals surface area contributed by atoms with Crippen LogP contribution in [0.3, 0.4) is 0 Å². The molecular weight excluding hydrogens is 262 g/mol. The van der Waals surface area contributed by atoms with Gasteiger partial charge in [-0.1, -0.05) is 6.92 Å². The molecule has 1 fully saturated rings. The lowest BCUT2D eigenvalue weighted by atomic mass is 9.99. The highest BCUT2D eigenvalue weighted by Gasteiger charge is 2.26. The van der Waals surface area contributed by atoms with E-state index in [2.05, 4.69) is 11.8 Å². The molecule has 0 bridgehead atoms. The smallest absolute Gasteiger partial charge is 0.240 e. The molecule has 1 saturated heterocycles. The number of nitrogen functional groups attached to an aromatic ring is 1. The molecular formula is C13H21N3O2S. The number of benzene rings is 1. The Kier molecular flexibility index (Phi) is 4.01. The number of hydrogen-bond donors (Lipinski definition) is 2. The minimum Gasteiger partial charge on any atom is -0.399 e. The SMILES string of the molecule is CCC1CCCCN1c1ccc(N)cc1S(N)(=O)=O. The van der Waals surface area contributed by atoms with Gasteiger partial charge in [-0.2, -0.15) is 0 Å². The summed E-state index contributed by atoms with van der Waals surface area (Å²) in [4.78, 5) is 2.29. The lowest BCUT2D eigenvalue weighted by molar-refractivity contribution is 0.447. The van der Waals surface area contributed by atoms with Crippen LogP contribution in [0.4, 0.5) is 11.4 Å². The van der Waals surface area contributed by atoms with E-state index < -0.39 is 10.0 Å². The van der Waals surface area contributed by atoms with Gasteiger partial charge in [-0.3, -0.25) is 0 Å². The van der Waals surface area contributed by atoms with Crippen molar-refractivity contribution in [3.63, 3.8) is 0 Å². The molecule has 0 amide bonds. The summed E-state index contributed by atoms with van der Waals surface area (Å²) in [5, 5.41) is 5.31. The third kappa shape index (κ3) is 3.01. The highest BCUT2D eigenvalue weighted by Crippen LogP contribution is 2.32. The molecule has 6 heteroatoms. The van der Waals surface area contributed by atoms with E-state index in [1.807, 2.05) is 0 Å². The Labute approximate surface area is 114 Å². The van der Waals surface area contributed by atoms with Crippen LogP contribution in [-0.2, 0) is 10.0 Å². The third-order valence-electron chi connectivity index (χ3n) is 3.70. The minimum absolute atomic E-state index is 0.132. The molecule has 0 aliphatic carbocycles. The van der Waals surface area contributed by atoms with Gasteiger partial charge in [0.1, 0.15) is 4.90 Å². The van der Waals surface area contributed by atoms with Crippen molar-refractivity contribution in [3.05, 3.63) is 18.2 Å². The Morgan fingerprint density at radius 1 is 1.37 bits per heavy atom. The van der Waals surface area contributed by atoms with Crippen LogP contribution >= 0.6 is 0 Å². The van der Waals surface area contributed by atoms with E-state index in [-0.39, 0.29) is 4.90 Å². The molecule has 1 aromatic carbocycles. The first-order valence-corrected chi connectivity index (χ1v) is 8.17. The van der Waals surface area contributed by atoms with E-state index in [4.69, 9.17) is 10.9 Å². The highest BCUT2D eigenvalue weighted by molar-refractivity contribution is 7.89. The number of primary sulfonamides is 1. The minimum atomic E-state index is -3.76. The first-order valence-electron chi connectivity index (χ1n) is 6.62. The van der Waals surface area contributed by atoms with Gasteiger partial charge in [0.2, 0.25) is 10.0 Å². The summed E-state index contributed by atoms with van der Waals surface area (Å²) in [5.41, 5.74) is 6.78. The number of piperidine rings is 1. The van der Waals surface area contributed by atoms with Crippen LogP contribution in [0.25, 0.3) is 0 Å². The van der Waals surface area contributed by atoms with Gasteiger partial charge in [-0.25, -0.2) is 13.6 Å². The van der Waals surface area contributed by atoms with Gasteiger partial charge in [0.15, 0.2) is 0 Å². The Morgan fingerprint density at radius 3 is 2.74 bits per heavy atom. The fourth-order valence-corrected chi connectivity index (χ4v) is 3.52. The average molecular weight is 283 g/mol. The summed E-state index contributed by atoms with van der Waals surface area (Å²) >= 11 is 0. The van der Waals surface area contributed by atoms with E-state index in [9.17, 15) is 8.42 Å². The van der Waals surface area contributed by atoms with Crippen molar-refractivity contribution < 1.29 is 8.42 Å². The molecule has 0 aromatic heterocycles. The van der Waals surface area contributed by atoms with Crippen LogP contribution in [0.1, 0.15) is 32.6 Å². The van der Waals surface area contributed by atoms with Crippen molar-refractivity contribution >= 4 is 21.4 Å². The van der Waals surface area contributed by atoms with Gasteiger partial charge in [-0.05, 0) is 43.9 Å². The van der Waals surface area contributed by atoms with Gasteiger partial charge >= 0.3 is 0 Å². The average Bonchev–Trinajstić information content (AvgIpc) is 2.37. The number of hydrogen-bond acceptors (Lipinski definition) is 4. The maximum atomic E-state index is 11.7. The van der Waals surface area contributed by atoms with Crippen LogP contribution in [0, 0.1) is 0 Å². The van der Waals surface area contributed by atoms with Gasteiger partial charge in [-0.15, -0.1) is 0 Å². The van der Waals surface area contributed by atoms with E-state index in [1.54, 1.807) is 12.1 Å². The van der Waals surface area contributed by atoms with Crippen molar-refractivity contribution in [2.24, 2.45) is 5.14 Å². The molecule has 2 rings (SSSR count). The molecule has 19 heavy (non-hydrogen) atoms. The highest BCUT2D eigenvalue weighted by atomic mass is 32.2. The van der Waals surface area contributed by atoms with Crippen LogP contribution in [0.5, 0.6) is 0 Å². The molecule has 0 radical (unpaired) electrons. The predicted octanol–water partition coefficient (Wildman–Crippen LogP) is 1.69. The number of nitrogens with zero attached hydrogens (tertiary/aromatic N) is 1. The second-order valence-electron chi connectivity index (χ2n) is 5.02. The van der Waals surface area contributed by atoms with Gasteiger partial charge < -0.3 is 10.6 Å². The summed E-state index contributed by atoms with van der Waals surface area (Å²) in [7, 11) is -3.76. The Hall–Kier alpha value is -1.27. The number of rotatable bonds is 3. The molecule has 106 valence electrons. The van der Waals surface area contributed by atoms with Crippen molar-refractivity contribution in [2.45, 2.75) is 43.5 Å². The molecule has 5 nitrogen and oxygen atoms in total. The summed E-state index contributed by atoms with van der Waals surface area (Å²) in [6.45, 7) is 2.99. The molecule has 1 heterocycles. The van der Waals surface area contributed by atoms with E-state index in [0.717, 1.165) is 25.8 Å². The molecule has 1 unspecified atom stereocenters. The molecule has 1 aromatic rings. The fourth-order valence-electron chi connectivity index (χ4n) is 2.74. The molecule has 0 saturated carbocycles. The monoisotopic (exact) mass is 283 g/mol. The Morgan fingerprint density at radius 2 is 2.11 bits per heavy atom. The first kappa shape index (κ1) is 14.1. The second kappa shape index (κ2) is 5.38. The van der Waals surface area contributed by atoms with Crippen LogP contribution in [0.2, 0.25) is 0 Å². The quantitative estimate of drug-likeness (QED) is 0.826. The topological polar surface area (TPSA) is 89.4 Å². The maximum absolute atomic E-state index is 11.7. The first-order chi connectivity index (χ1) is 8.93. The largest absolute Gasteiger partial charge is 0.399 e. The van der Waals surface area contributed by atoms with Crippen molar-refractivity contribution in [2.75, 3.05) is 17.2 Å². The maximum Gasteiger partial charge on any atom is 0.240 e. The zero-order chi connectivity index (χ0) is 14.0. The van der Waals surface area contributed by atoms with Crippen molar-refractivity contribution in [1.82, 2.24) is 0 Å². The van der Waals surface area contributed by atoms with Crippen LogP contribution in [0.15, 0.2) is 23.1 Å². The molecule has 1 aliphatic heterocycles. The standard InChI is InChI=1S/C13H21N3O2S/c1-2-11-5-3-4-8-16(11)12-7-6-10(14)9-13(12)19(15,17)18/h6-7,9,11H,2-5,8,14H2,1H3,(H2,15,17,18). The van der Waals surface area contributed by atoms with Gasteiger partial charge in [0.05, 0.1) is 5.69 Å². The van der Waals surface area contributed by atoms with E-state index in [0.29, 0.717) is 17.4 Å². The summed E-state index contributed by atoms with van der Waals surface area (Å²) < 4.78 is 23.5. The Balaban J connectivity index is 2.49. The molecule has 4 N–H and O–H groups in total. The molecule has 1 aliphatic rings. The summed E-state index contributed by atoms with van der Waals surface area (Å²) in [5.74, 6) is 0. The number of nitrogens with two attached hydrogens (primary N) is 2. The third-order valence-corrected chi connectivity index (χ3v) is 4.64. The molecule has 1 atom stereocenters. The number of sulfonamides is 1. The fraction of sp³-hybridized carbons (Fsp3) is 0.538. The molecule has 0 spiro atoms. The van der Waals surface area contributed by atoms with Crippen molar-refractivity contribution in [1.29, 1.82) is 0 Å².